The van der Waals surface area contributed by atoms with Crippen molar-refractivity contribution in [3.8, 4) is 5.69 Å². The third-order valence-corrected chi connectivity index (χ3v) is 5.00. The van der Waals surface area contributed by atoms with E-state index in [0.29, 0.717) is 27.3 Å². The molecule has 5 nitrogen and oxygen atoms in total. The summed E-state index contributed by atoms with van der Waals surface area (Å²) in [5.41, 5.74) is 1.03. The normalized spacial score (nSPS) is 12.2. The smallest absolute Gasteiger partial charge is 0.318 e. The molecular weight excluding hydrogens is 355 g/mol. The number of hydrogen-bond donors (Lipinski definition) is 0. The summed E-state index contributed by atoms with van der Waals surface area (Å²) in [7, 11) is 1.30. The van der Waals surface area contributed by atoms with Crippen molar-refractivity contribution in [2.75, 3.05) is 7.11 Å². The number of rotatable bonds is 4. The lowest BCUT2D eigenvalue weighted by Gasteiger charge is -2.15. The largest absolute Gasteiger partial charge is 0.468 e. The van der Waals surface area contributed by atoms with Gasteiger partial charge >= 0.3 is 5.97 Å². The third-order valence-electron chi connectivity index (χ3n) is 3.97. The first-order valence-electron chi connectivity index (χ1n) is 7.95. The van der Waals surface area contributed by atoms with Gasteiger partial charge in [0, 0.05) is 0 Å². The number of ether oxygens (including phenoxy) is 1. The number of nitrogens with zero attached hydrogens (tertiary/aromatic N) is 2. The molecule has 2 aromatic carbocycles. The van der Waals surface area contributed by atoms with Gasteiger partial charge in [0.15, 0.2) is 5.16 Å². The van der Waals surface area contributed by atoms with Gasteiger partial charge in [0.25, 0.3) is 5.56 Å². The van der Waals surface area contributed by atoms with Crippen LogP contribution in [0.15, 0.2) is 52.4 Å². The Bertz CT molecular complexity index is 1050. The molecule has 0 aliphatic heterocycles. The van der Waals surface area contributed by atoms with Gasteiger partial charge in [-0.3, -0.25) is 14.2 Å². The SMILES string of the molecule is COC(=O)C(C)Sc1nc2ccccc2c(=O)n1-c1ccc(C)c(F)c1. The first-order chi connectivity index (χ1) is 12.4. The van der Waals surface area contributed by atoms with Crippen molar-refractivity contribution < 1.29 is 13.9 Å². The average Bonchev–Trinajstić information content (AvgIpc) is 2.64. The molecule has 1 heterocycles. The molecule has 0 bridgehead atoms. The lowest BCUT2D eigenvalue weighted by atomic mass is 10.2. The lowest BCUT2D eigenvalue weighted by molar-refractivity contribution is -0.139. The number of carbonyl (C=O) groups excluding carboxylic acids is 1. The van der Waals surface area contributed by atoms with E-state index < -0.39 is 17.0 Å². The number of benzene rings is 2. The van der Waals surface area contributed by atoms with Crippen molar-refractivity contribution in [3.05, 3.63) is 64.2 Å². The minimum atomic E-state index is -0.574. The predicted molar refractivity (Wildman–Crippen MR) is 99.4 cm³/mol. The molecule has 134 valence electrons. The van der Waals surface area contributed by atoms with Crippen LogP contribution in [0.5, 0.6) is 0 Å². The summed E-state index contributed by atoms with van der Waals surface area (Å²) in [6.07, 6.45) is 0. The average molecular weight is 372 g/mol. The van der Waals surface area contributed by atoms with Crippen LogP contribution in [0.4, 0.5) is 4.39 Å². The minimum absolute atomic E-state index is 0.301. The minimum Gasteiger partial charge on any atom is -0.468 e. The summed E-state index contributed by atoms with van der Waals surface area (Å²) >= 11 is 1.09. The molecule has 1 atom stereocenters. The monoisotopic (exact) mass is 372 g/mol. The van der Waals surface area contributed by atoms with Crippen LogP contribution in [0.25, 0.3) is 16.6 Å². The molecule has 0 spiro atoms. The van der Waals surface area contributed by atoms with Gasteiger partial charge < -0.3 is 4.74 Å². The molecule has 1 aromatic heterocycles. The van der Waals surface area contributed by atoms with E-state index in [9.17, 15) is 14.0 Å². The number of para-hydroxylation sites is 1. The molecule has 7 heteroatoms. The number of aromatic nitrogens is 2. The highest BCUT2D eigenvalue weighted by atomic mass is 32.2. The van der Waals surface area contributed by atoms with Crippen molar-refractivity contribution in [1.29, 1.82) is 0 Å². The summed E-state index contributed by atoms with van der Waals surface area (Å²) < 4.78 is 20.1. The quantitative estimate of drug-likeness (QED) is 0.399. The number of esters is 1. The van der Waals surface area contributed by atoms with E-state index in [4.69, 9.17) is 4.74 Å². The number of thioether (sulfide) groups is 1. The van der Waals surface area contributed by atoms with E-state index in [1.54, 1.807) is 50.2 Å². The van der Waals surface area contributed by atoms with Crippen LogP contribution < -0.4 is 5.56 Å². The molecule has 0 radical (unpaired) electrons. The van der Waals surface area contributed by atoms with Gasteiger partial charge in [-0.25, -0.2) is 9.37 Å². The van der Waals surface area contributed by atoms with E-state index in [0.717, 1.165) is 11.8 Å². The second-order valence-corrected chi connectivity index (χ2v) is 7.08. The Kier molecular flexibility index (Phi) is 5.08. The number of halogens is 1. The fourth-order valence-corrected chi connectivity index (χ4v) is 3.47. The van der Waals surface area contributed by atoms with Gasteiger partial charge in [-0.15, -0.1) is 0 Å². The number of methoxy groups -OCH3 is 1. The molecule has 3 rings (SSSR count). The molecule has 3 aromatic rings. The van der Waals surface area contributed by atoms with Gasteiger partial charge in [-0.1, -0.05) is 30.0 Å². The Morgan fingerprint density at radius 2 is 2.00 bits per heavy atom. The first kappa shape index (κ1) is 18.1. The maximum absolute atomic E-state index is 14.1. The highest BCUT2D eigenvalue weighted by Crippen LogP contribution is 2.26. The molecule has 26 heavy (non-hydrogen) atoms. The van der Waals surface area contributed by atoms with Crippen LogP contribution in [-0.4, -0.2) is 27.9 Å². The van der Waals surface area contributed by atoms with Gasteiger partial charge in [-0.05, 0) is 43.7 Å². The zero-order valence-corrected chi connectivity index (χ0v) is 15.3. The summed E-state index contributed by atoms with van der Waals surface area (Å²) in [6.45, 7) is 3.31. The van der Waals surface area contributed by atoms with E-state index in [-0.39, 0.29) is 5.56 Å². The first-order valence-corrected chi connectivity index (χ1v) is 8.83. The second kappa shape index (κ2) is 7.29. The highest BCUT2D eigenvalue weighted by molar-refractivity contribution is 8.00. The zero-order valence-electron chi connectivity index (χ0n) is 14.5. The molecule has 1 unspecified atom stereocenters. The molecule has 0 aliphatic carbocycles. The van der Waals surface area contributed by atoms with E-state index in [1.807, 2.05) is 0 Å². The van der Waals surface area contributed by atoms with Crippen molar-refractivity contribution in [2.24, 2.45) is 0 Å². The topological polar surface area (TPSA) is 61.2 Å². The van der Waals surface area contributed by atoms with Crippen molar-refractivity contribution in [1.82, 2.24) is 9.55 Å². The van der Waals surface area contributed by atoms with Crippen LogP contribution >= 0.6 is 11.8 Å². The predicted octanol–water partition coefficient (Wildman–Crippen LogP) is 3.49. The fourth-order valence-electron chi connectivity index (χ4n) is 2.51. The van der Waals surface area contributed by atoms with Crippen molar-refractivity contribution in [3.63, 3.8) is 0 Å². The van der Waals surface area contributed by atoms with Crippen LogP contribution in [0.1, 0.15) is 12.5 Å². The highest BCUT2D eigenvalue weighted by Gasteiger charge is 2.21. The molecule has 0 fully saturated rings. The molecular formula is C19H17FN2O3S. The zero-order chi connectivity index (χ0) is 18.8. The maximum atomic E-state index is 14.1. The molecule has 0 N–H and O–H groups in total. The Hall–Kier alpha value is -2.67. The van der Waals surface area contributed by atoms with Crippen LogP contribution in [0, 0.1) is 12.7 Å². The standard InChI is InChI=1S/C19H17FN2O3S/c1-11-8-9-13(10-15(11)20)22-17(23)14-6-4-5-7-16(14)21-19(22)26-12(2)18(24)25-3/h4-10,12H,1-3H3. The van der Waals surface area contributed by atoms with Crippen LogP contribution in [0.2, 0.25) is 0 Å². The number of aryl methyl sites for hydroxylation is 1. The summed E-state index contributed by atoms with van der Waals surface area (Å²) in [4.78, 5) is 29.3. The molecule has 0 saturated carbocycles. The second-order valence-electron chi connectivity index (χ2n) is 5.77. The number of carbonyl (C=O) groups is 1. The number of fused-ring (bicyclic) bond motifs is 1. The van der Waals surface area contributed by atoms with E-state index >= 15 is 0 Å². The summed E-state index contributed by atoms with van der Waals surface area (Å²) in [5, 5.41) is 0.146. The van der Waals surface area contributed by atoms with E-state index in [1.165, 1.54) is 17.7 Å². The van der Waals surface area contributed by atoms with Gasteiger partial charge in [-0.2, -0.15) is 0 Å². The van der Waals surface area contributed by atoms with E-state index in [2.05, 4.69) is 4.98 Å². The molecule has 0 amide bonds. The lowest BCUT2D eigenvalue weighted by Crippen LogP contribution is -2.24. The Morgan fingerprint density at radius 1 is 1.27 bits per heavy atom. The van der Waals surface area contributed by atoms with Gasteiger partial charge in [0.05, 0.1) is 23.7 Å². The maximum Gasteiger partial charge on any atom is 0.318 e. The van der Waals surface area contributed by atoms with Crippen LogP contribution in [0.3, 0.4) is 0 Å². The van der Waals surface area contributed by atoms with Crippen LogP contribution in [-0.2, 0) is 9.53 Å². The third kappa shape index (κ3) is 3.35. The molecule has 0 aliphatic rings. The van der Waals surface area contributed by atoms with Gasteiger partial charge in [0.2, 0.25) is 0 Å². The van der Waals surface area contributed by atoms with Gasteiger partial charge in [0.1, 0.15) is 11.1 Å². The Labute approximate surface area is 153 Å². The Balaban J connectivity index is 2.25. The van der Waals surface area contributed by atoms with Crippen molar-refractivity contribution in [2.45, 2.75) is 24.3 Å². The Morgan fingerprint density at radius 3 is 2.69 bits per heavy atom. The summed E-state index contributed by atoms with van der Waals surface area (Å²) in [5.74, 6) is -0.849. The fraction of sp³-hybridized carbons (Fsp3) is 0.211. The van der Waals surface area contributed by atoms with Crippen molar-refractivity contribution >= 4 is 28.6 Å². The molecule has 0 saturated heterocycles. The summed E-state index contributed by atoms with van der Waals surface area (Å²) in [6, 6.07) is 11.5. The number of hydrogen-bond acceptors (Lipinski definition) is 5.